The smallest absolute Gasteiger partial charge is 0.146 e. The fraction of sp³-hybridized carbons (Fsp3) is 0.400. The minimum Gasteiger partial charge on any atom is -0.491 e. The lowest BCUT2D eigenvalue weighted by Gasteiger charge is -2.15. The third kappa shape index (κ3) is 3.63. The Kier molecular flexibility index (Phi) is 4.84. The van der Waals surface area contributed by atoms with E-state index in [0.717, 1.165) is 12.1 Å². The number of nitrogens with two attached hydrogens (primary N) is 1. The molecule has 0 bridgehead atoms. The van der Waals surface area contributed by atoms with Gasteiger partial charge in [-0.05, 0) is 32.9 Å². The van der Waals surface area contributed by atoms with Crippen LogP contribution in [-0.4, -0.2) is 17.7 Å². The normalized spacial score (nSPS) is 10.8. The van der Waals surface area contributed by atoms with E-state index in [9.17, 15) is 0 Å². The molecule has 4 nitrogen and oxygen atoms in total. The van der Waals surface area contributed by atoms with E-state index in [-0.39, 0.29) is 6.10 Å². The number of ether oxygens (including phenoxy) is 2. The number of para-hydroxylation sites is 1. The lowest BCUT2D eigenvalue weighted by Crippen LogP contribution is -2.09. The fourth-order valence-electron chi connectivity index (χ4n) is 1.83. The average molecular weight is 292 g/mol. The number of rotatable bonds is 6. The van der Waals surface area contributed by atoms with Crippen molar-refractivity contribution in [2.24, 2.45) is 0 Å². The molecule has 0 aliphatic carbocycles. The molecule has 5 heteroatoms. The zero-order valence-corrected chi connectivity index (χ0v) is 12.9. The lowest BCUT2D eigenvalue weighted by atomic mass is 10.2. The molecule has 2 aromatic rings. The molecule has 2 rings (SSSR count). The molecule has 1 heterocycles. The standard InChI is InChI=1S/C15H20N2O2S/c1-10(2)19-13-6-4-5-12(15(13)16)18-8-7-14-11(3)17-9-20-14/h4-6,9-10H,7-8,16H2,1-3H3. The third-order valence-corrected chi connectivity index (χ3v) is 3.82. The Morgan fingerprint density at radius 1 is 1.30 bits per heavy atom. The van der Waals surface area contributed by atoms with Crippen molar-refractivity contribution in [2.75, 3.05) is 12.3 Å². The number of nitrogens with zero attached hydrogens (tertiary/aromatic N) is 1. The van der Waals surface area contributed by atoms with Crippen molar-refractivity contribution in [2.45, 2.75) is 33.3 Å². The zero-order valence-electron chi connectivity index (χ0n) is 12.1. The summed E-state index contributed by atoms with van der Waals surface area (Å²) in [7, 11) is 0. The first-order valence-electron chi connectivity index (χ1n) is 6.65. The van der Waals surface area contributed by atoms with Gasteiger partial charge in [0.05, 0.1) is 23.9 Å². The summed E-state index contributed by atoms with van der Waals surface area (Å²) in [6.07, 6.45) is 0.929. The van der Waals surface area contributed by atoms with E-state index in [0.29, 0.717) is 23.8 Å². The highest BCUT2D eigenvalue weighted by Crippen LogP contribution is 2.32. The molecule has 1 aromatic carbocycles. The Morgan fingerprint density at radius 2 is 2.05 bits per heavy atom. The summed E-state index contributed by atoms with van der Waals surface area (Å²) in [6, 6.07) is 5.61. The van der Waals surface area contributed by atoms with Gasteiger partial charge in [0.1, 0.15) is 17.2 Å². The van der Waals surface area contributed by atoms with E-state index < -0.39 is 0 Å². The van der Waals surface area contributed by atoms with Gasteiger partial charge in [-0.15, -0.1) is 11.3 Å². The van der Waals surface area contributed by atoms with E-state index in [2.05, 4.69) is 4.98 Å². The highest BCUT2D eigenvalue weighted by molar-refractivity contribution is 7.09. The van der Waals surface area contributed by atoms with Crippen LogP contribution in [0.15, 0.2) is 23.7 Å². The molecule has 1 aromatic heterocycles. The van der Waals surface area contributed by atoms with Gasteiger partial charge in [0.15, 0.2) is 0 Å². The molecule has 2 N–H and O–H groups in total. The molecule has 0 saturated carbocycles. The highest BCUT2D eigenvalue weighted by atomic mass is 32.1. The Hall–Kier alpha value is -1.75. The van der Waals surface area contributed by atoms with Gasteiger partial charge in [0, 0.05) is 11.3 Å². The van der Waals surface area contributed by atoms with Crippen LogP contribution >= 0.6 is 11.3 Å². The second-order valence-electron chi connectivity index (χ2n) is 4.79. The average Bonchev–Trinajstić information content (AvgIpc) is 2.79. The predicted octanol–water partition coefficient (Wildman–Crippen LogP) is 3.44. The highest BCUT2D eigenvalue weighted by Gasteiger charge is 2.09. The third-order valence-electron chi connectivity index (χ3n) is 2.82. The van der Waals surface area contributed by atoms with Crippen molar-refractivity contribution < 1.29 is 9.47 Å². The maximum Gasteiger partial charge on any atom is 0.146 e. The van der Waals surface area contributed by atoms with Crippen LogP contribution in [0.4, 0.5) is 5.69 Å². The molecular weight excluding hydrogens is 272 g/mol. The SMILES string of the molecule is Cc1ncsc1CCOc1cccc(OC(C)C)c1N. The van der Waals surface area contributed by atoms with Gasteiger partial charge in [0.2, 0.25) is 0 Å². The van der Waals surface area contributed by atoms with Crippen molar-refractivity contribution in [1.82, 2.24) is 4.98 Å². The van der Waals surface area contributed by atoms with Crippen LogP contribution in [0.3, 0.4) is 0 Å². The molecule has 0 amide bonds. The van der Waals surface area contributed by atoms with Gasteiger partial charge in [-0.1, -0.05) is 6.07 Å². The molecule has 0 aliphatic rings. The molecule has 0 fully saturated rings. The molecule has 0 spiro atoms. The summed E-state index contributed by atoms with van der Waals surface area (Å²) in [5.41, 5.74) is 9.55. The van der Waals surface area contributed by atoms with Crippen LogP contribution in [0.2, 0.25) is 0 Å². The van der Waals surface area contributed by atoms with Crippen molar-refractivity contribution in [3.05, 3.63) is 34.3 Å². The van der Waals surface area contributed by atoms with Crippen molar-refractivity contribution in [3.63, 3.8) is 0 Å². The Labute approximate surface area is 123 Å². The van der Waals surface area contributed by atoms with E-state index >= 15 is 0 Å². The second kappa shape index (κ2) is 6.61. The minimum atomic E-state index is 0.0902. The quantitative estimate of drug-likeness (QED) is 0.829. The Bertz CT molecular complexity index is 567. The molecule has 0 unspecified atom stereocenters. The number of benzene rings is 1. The first kappa shape index (κ1) is 14.7. The summed E-state index contributed by atoms with van der Waals surface area (Å²) in [6.45, 7) is 6.54. The van der Waals surface area contributed by atoms with Crippen LogP contribution in [0.1, 0.15) is 24.4 Å². The van der Waals surface area contributed by atoms with Crippen LogP contribution in [0, 0.1) is 6.92 Å². The van der Waals surface area contributed by atoms with E-state index in [1.165, 1.54) is 4.88 Å². The van der Waals surface area contributed by atoms with Crippen LogP contribution in [0.25, 0.3) is 0 Å². The first-order valence-corrected chi connectivity index (χ1v) is 7.52. The molecule has 20 heavy (non-hydrogen) atoms. The fourth-order valence-corrected chi connectivity index (χ4v) is 2.59. The van der Waals surface area contributed by atoms with Gasteiger partial charge in [-0.25, -0.2) is 4.98 Å². The number of aryl methyl sites for hydroxylation is 1. The maximum absolute atomic E-state index is 6.06. The van der Waals surface area contributed by atoms with Crippen LogP contribution < -0.4 is 15.2 Å². The van der Waals surface area contributed by atoms with Crippen molar-refractivity contribution in [1.29, 1.82) is 0 Å². The largest absolute Gasteiger partial charge is 0.491 e. The van der Waals surface area contributed by atoms with Crippen LogP contribution in [-0.2, 0) is 6.42 Å². The summed E-state index contributed by atoms with van der Waals surface area (Å²) in [4.78, 5) is 5.47. The van der Waals surface area contributed by atoms with E-state index in [4.69, 9.17) is 15.2 Å². The molecule has 0 radical (unpaired) electrons. The molecule has 0 aliphatic heterocycles. The van der Waals surface area contributed by atoms with Gasteiger partial charge >= 0.3 is 0 Å². The van der Waals surface area contributed by atoms with Gasteiger partial charge in [0.25, 0.3) is 0 Å². The minimum absolute atomic E-state index is 0.0902. The van der Waals surface area contributed by atoms with Gasteiger partial charge < -0.3 is 15.2 Å². The van der Waals surface area contributed by atoms with E-state index in [1.807, 2.05) is 44.5 Å². The predicted molar refractivity (Wildman–Crippen MR) is 82.7 cm³/mol. The number of nitrogen functional groups attached to an aromatic ring is 1. The number of anilines is 1. The number of hydrogen-bond donors (Lipinski definition) is 1. The maximum atomic E-state index is 6.06. The number of thiazole rings is 1. The summed E-state index contributed by atoms with van der Waals surface area (Å²) in [5, 5.41) is 0. The molecule has 0 saturated heterocycles. The second-order valence-corrected chi connectivity index (χ2v) is 5.73. The zero-order chi connectivity index (χ0) is 14.5. The number of hydrogen-bond acceptors (Lipinski definition) is 5. The summed E-state index contributed by atoms with van der Waals surface area (Å²) < 4.78 is 11.4. The monoisotopic (exact) mass is 292 g/mol. The lowest BCUT2D eigenvalue weighted by molar-refractivity contribution is 0.242. The first-order chi connectivity index (χ1) is 9.58. The van der Waals surface area contributed by atoms with Gasteiger partial charge in [-0.2, -0.15) is 0 Å². The summed E-state index contributed by atoms with van der Waals surface area (Å²) >= 11 is 1.65. The molecular formula is C15H20N2O2S. The molecule has 0 atom stereocenters. The topological polar surface area (TPSA) is 57.4 Å². The Balaban J connectivity index is 1.97. The number of aromatic nitrogens is 1. The van der Waals surface area contributed by atoms with E-state index in [1.54, 1.807) is 11.3 Å². The van der Waals surface area contributed by atoms with Gasteiger partial charge in [-0.3, -0.25) is 0 Å². The summed E-state index contributed by atoms with van der Waals surface area (Å²) in [5.74, 6) is 1.34. The van der Waals surface area contributed by atoms with Crippen molar-refractivity contribution in [3.8, 4) is 11.5 Å². The Morgan fingerprint density at radius 3 is 2.70 bits per heavy atom. The van der Waals surface area contributed by atoms with Crippen molar-refractivity contribution >= 4 is 17.0 Å². The van der Waals surface area contributed by atoms with Crippen LogP contribution in [0.5, 0.6) is 11.5 Å². The molecule has 108 valence electrons.